The lowest BCUT2D eigenvalue weighted by atomic mass is 10.0. The summed E-state index contributed by atoms with van der Waals surface area (Å²) in [5, 5.41) is 0. The maximum atomic E-state index is 12.6. The SMILES string of the molecule is Cc1oc(-c2ccc(-c3ccccc3)cc2)nc1CCOc1ccc(OC(C)(C)C(=O)OCCN2CCOCC2)cc1.Cl. The summed E-state index contributed by atoms with van der Waals surface area (Å²) in [5.41, 5.74) is 3.01. The van der Waals surface area contributed by atoms with E-state index >= 15 is 0 Å². The number of nitrogens with zero attached hydrogens (tertiary/aromatic N) is 2. The van der Waals surface area contributed by atoms with Crippen molar-refractivity contribution in [2.75, 3.05) is 46.1 Å². The minimum absolute atomic E-state index is 0. The van der Waals surface area contributed by atoms with E-state index in [1.807, 2.05) is 49.4 Å². The van der Waals surface area contributed by atoms with Crippen molar-refractivity contribution in [3.63, 3.8) is 0 Å². The largest absolute Gasteiger partial charge is 0.493 e. The molecule has 8 nitrogen and oxygen atoms in total. The van der Waals surface area contributed by atoms with Crippen LogP contribution in [-0.4, -0.2) is 67.5 Å². The maximum Gasteiger partial charge on any atom is 0.349 e. The Balaban J connectivity index is 0.00000423. The molecule has 0 N–H and O–H groups in total. The summed E-state index contributed by atoms with van der Waals surface area (Å²) >= 11 is 0. The molecule has 5 rings (SSSR count). The van der Waals surface area contributed by atoms with Crippen LogP contribution in [-0.2, 0) is 20.7 Å². The lowest BCUT2D eigenvalue weighted by molar-refractivity contribution is -0.159. The van der Waals surface area contributed by atoms with E-state index in [-0.39, 0.29) is 12.4 Å². The second-order valence-corrected chi connectivity index (χ2v) is 10.7. The molecular formula is C34H39ClN2O6. The average Bonchev–Trinajstić information content (AvgIpc) is 3.39. The third-order valence-corrected chi connectivity index (χ3v) is 7.17. The zero-order valence-corrected chi connectivity index (χ0v) is 25.7. The van der Waals surface area contributed by atoms with Crippen molar-refractivity contribution in [3.05, 3.63) is 90.3 Å². The lowest BCUT2D eigenvalue weighted by Crippen LogP contribution is -2.42. The van der Waals surface area contributed by atoms with Gasteiger partial charge in [-0.15, -0.1) is 12.4 Å². The quantitative estimate of drug-likeness (QED) is 0.172. The minimum atomic E-state index is -1.11. The fourth-order valence-electron chi connectivity index (χ4n) is 4.69. The zero-order valence-electron chi connectivity index (χ0n) is 24.9. The van der Waals surface area contributed by atoms with Gasteiger partial charge in [0.15, 0.2) is 5.60 Å². The van der Waals surface area contributed by atoms with Crippen molar-refractivity contribution in [1.82, 2.24) is 9.88 Å². The highest BCUT2D eigenvalue weighted by Gasteiger charge is 2.32. The lowest BCUT2D eigenvalue weighted by Gasteiger charge is -2.28. The summed E-state index contributed by atoms with van der Waals surface area (Å²) < 4.78 is 28.7. The van der Waals surface area contributed by atoms with E-state index in [0.717, 1.165) is 35.7 Å². The van der Waals surface area contributed by atoms with Gasteiger partial charge in [-0.1, -0.05) is 42.5 Å². The predicted molar refractivity (Wildman–Crippen MR) is 168 cm³/mol. The highest BCUT2D eigenvalue weighted by molar-refractivity contribution is 5.85. The second kappa shape index (κ2) is 15.0. The van der Waals surface area contributed by atoms with E-state index in [1.165, 1.54) is 5.56 Å². The van der Waals surface area contributed by atoms with Crippen LogP contribution in [0, 0.1) is 6.92 Å². The number of oxazole rings is 1. The fraction of sp³-hybridized carbons (Fsp3) is 0.353. The molecule has 0 amide bonds. The molecule has 0 atom stereocenters. The highest BCUT2D eigenvalue weighted by Crippen LogP contribution is 2.27. The van der Waals surface area contributed by atoms with Gasteiger partial charge < -0.3 is 23.4 Å². The van der Waals surface area contributed by atoms with E-state index in [2.05, 4.69) is 29.2 Å². The highest BCUT2D eigenvalue weighted by atomic mass is 35.5. The van der Waals surface area contributed by atoms with Crippen LogP contribution in [0.25, 0.3) is 22.6 Å². The smallest absolute Gasteiger partial charge is 0.349 e. The van der Waals surface area contributed by atoms with Crippen molar-refractivity contribution < 1.29 is 28.2 Å². The second-order valence-electron chi connectivity index (χ2n) is 10.7. The molecule has 0 radical (unpaired) electrons. The van der Waals surface area contributed by atoms with Crippen LogP contribution in [0.3, 0.4) is 0 Å². The van der Waals surface area contributed by atoms with Crippen LogP contribution < -0.4 is 9.47 Å². The maximum absolute atomic E-state index is 12.6. The van der Waals surface area contributed by atoms with Gasteiger partial charge >= 0.3 is 5.97 Å². The molecule has 228 valence electrons. The van der Waals surface area contributed by atoms with Gasteiger partial charge in [0.1, 0.15) is 23.9 Å². The number of aromatic nitrogens is 1. The fourth-order valence-corrected chi connectivity index (χ4v) is 4.69. The molecule has 1 aliphatic heterocycles. The van der Waals surface area contributed by atoms with Gasteiger partial charge in [-0.25, -0.2) is 9.78 Å². The molecule has 0 unspecified atom stereocenters. The third-order valence-electron chi connectivity index (χ3n) is 7.17. The van der Waals surface area contributed by atoms with E-state index in [0.29, 0.717) is 56.8 Å². The van der Waals surface area contributed by atoms with Crippen molar-refractivity contribution in [2.45, 2.75) is 32.8 Å². The number of carbonyl (C=O) groups is 1. The van der Waals surface area contributed by atoms with Crippen molar-refractivity contribution in [2.24, 2.45) is 0 Å². The molecule has 0 saturated carbocycles. The first-order valence-electron chi connectivity index (χ1n) is 14.4. The van der Waals surface area contributed by atoms with Crippen LogP contribution >= 0.6 is 12.4 Å². The number of halogens is 1. The Bertz CT molecular complexity index is 1430. The summed E-state index contributed by atoms with van der Waals surface area (Å²) in [6.07, 6.45) is 0.610. The minimum Gasteiger partial charge on any atom is -0.493 e. The Morgan fingerprint density at radius 3 is 2.19 bits per heavy atom. The number of hydrogen-bond acceptors (Lipinski definition) is 8. The number of hydrogen-bond donors (Lipinski definition) is 0. The van der Waals surface area contributed by atoms with Crippen LogP contribution in [0.2, 0.25) is 0 Å². The first-order chi connectivity index (χ1) is 20.4. The third kappa shape index (κ3) is 8.83. The summed E-state index contributed by atoms with van der Waals surface area (Å²) in [6.45, 7) is 9.94. The molecular weight excluding hydrogens is 568 g/mol. The number of aryl methyl sites for hydroxylation is 1. The molecule has 4 aromatic rings. The van der Waals surface area contributed by atoms with E-state index in [1.54, 1.807) is 26.0 Å². The Morgan fingerprint density at radius 2 is 1.49 bits per heavy atom. The van der Waals surface area contributed by atoms with Crippen molar-refractivity contribution >= 4 is 18.4 Å². The van der Waals surface area contributed by atoms with E-state index in [4.69, 9.17) is 28.3 Å². The number of carbonyl (C=O) groups excluding carboxylic acids is 1. The van der Waals surface area contributed by atoms with Crippen molar-refractivity contribution in [1.29, 1.82) is 0 Å². The normalized spacial score (nSPS) is 13.7. The standard InChI is InChI=1S/C34H38N2O6.ClH/c1-25-31(35-32(41-25)28-11-9-27(10-12-28)26-7-5-4-6-8-26)17-21-39-29-13-15-30(16-14-29)42-34(2,3)33(37)40-24-20-36-18-22-38-23-19-36;/h4-16H,17-24H2,1-3H3;1H. The average molecular weight is 607 g/mol. The molecule has 0 spiro atoms. The monoisotopic (exact) mass is 606 g/mol. The Kier molecular flexibility index (Phi) is 11.2. The molecule has 0 aliphatic carbocycles. The molecule has 2 heterocycles. The predicted octanol–water partition coefficient (Wildman–Crippen LogP) is 6.39. The van der Waals surface area contributed by atoms with E-state index in [9.17, 15) is 4.79 Å². The number of esters is 1. The van der Waals surface area contributed by atoms with E-state index < -0.39 is 11.6 Å². The number of benzene rings is 3. The summed E-state index contributed by atoms with van der Waals surface area (Å²) in [4.78, 5) is 19.6. The zero-order chi connectivity index (χ0) is 29.4. The van der Waals surface area contributed by atoms with Gasteiger partial charge in [-0.05, 0) is 68.3 Å². The van der Waals surface area contributed by atoms with Gasteiger partial charge in [-0.2, -0.15) is 0 Å². The molecule has 3 aromatic carbocycles. The molecule has 9 heteroatoms. The van der Waals surface area contributed by atoms with Gasteiger partial charge in [0.25, 0.3) is 0 Å². The molecule has 1 aliphatic rings. The van der Waals surface area contributed by atoms with Crippen LogP contribution in [0.1, 0.15) is 25.3 Å². The van der Waals surface area contributed by atoms with Gasteiger partial charge in [0, 0.05) is 31.6 Å². The molecule has 0 bridgehead atoms. The molecule has 1 fully saturated rings. The Morgan fingerprint density at radius 1 is 0.860 bits per heavy atom. The molecule has 43 heavy (non-hydrogen) atoms. The molecule has 1 saturated heterocycles. The number of rotatable bonds is 12. The van der Waals surface area contributed by atoms with Crippen LogP contribution in [0.15, 0.2) is 83.3 Å². The topological polar surface area (TPSA) is 83.3 Å². The van der Waals surface area contributed by atoms with Crippen LogP contribution in [0.5, 0.6) is 11.5 Å². The van der Waals surface area contributed by atoms with Crippen LogP contribution in [0.4, 0.5) is 0 Å². The first kappa shape index (κ1) is 32.1. The summed E-state index contributed by atoms with van der Waals surface area (Å²) in [5.74, 6) is 2.25. The van der Waals surface area contributed by atoms with Gasteiger partial charge in [0.05, 0.1) is 25.5 Å². The number of ether oxygens (including phenoxy) is 4. The summed E-state index contributed by atoms with van der Waals surface area (Å²) in [7, 11) is 0. The first-order valence-corrected chi connectivity index (χ1v) is 14.4. The molecule has 1 aromatic heterocycles. The Hall–Kier alpha value is -3.85. The van der Waals surface area contributed by atoms with Gasteiger partial charge in [-0.3, -0.25) is 4.90 Å². The Labute approximate surface area is 259 Å². The number of morpholine rings is 1. The van der Waals surface area contributed by atoms with Gasteiger partial charge in [0.2, 0.25) is 5.89 Å². The van der Waals surface area contributed by atoms with Crippen molar-refractivity contribution in [3.8, 4) is 34.1 Å². The summed E-state index contributed by atoms with van der Waals surface area (Å²) in [6, 6.07) is 25.7.